The Hall–Kier alpha value is -2.20. The van der Waals surface area contributed by atoms with Crippen molar-refractivity contribution in [3.8, 4) is 0 Å². The molecule has 0 aromatic heterocycles. The van der Waals surface area contributed by atoms with E-state index in [1.165, 1.54) is 88.4 Å². The summed E-state index contributed by atoms with van der Waals surface area (Å²) in [6, 6.07) is -1.06. The number of carbonyl (C=O) groups excluding carboxylic acids is 1. The largest absolute Gasteiger partial charge is 0.481 e. The van der Waals surface area contributed by atoms with Crippen LogP contribution in [0.3, 0.4) is 0 Å². The molecule has 0 aliphatic heterocycles. The summed E-state index contributed by atoms with van der Waals surface area (Å²) in [7, 11) is 3.38. The molecule has 0 radical (unpaired) electrons. The zero-order chi connectivity index (χ0) is 30.7. The molecule has 0 bridgehead atoms. The number of aliphatic carboxylic acids is 3. The summed E-state index contributed by atoms with van der Waals surface area (Å²) in [6.07, 6.45) is 21.8. The van der Waals surface area contributed by atoms with Crippen molar-refractivity contribution >= 4 is 24.3 Å². The first kappa shape index (κ1) is 43.8. The molecule has 234 valence electrons. The highest BCUT2D eigenvalue weighted by Crippen LogP contribution is 2.13. The van der Waals surface area contributed by atoms with E-state index in [9.17, 15) is 19.2 Å². The minimum Gasteiger partial charge on any atom is -0.481 e. The molecule has 0 fully saturated rings. The van der Waals surface area contributed by atoms with Gasteiger partial charge in [-0.2, -0.15) is 0 Å². The van der Waals surface area contributed by atoms with Gasteiger partial charge >= 0.3 is 17.9 Å². The second-order valence-electron chi connectivity index (χ2n) is 9.83. The predicted molar refractivity (Wildman–Crippen MR) is 159 cm³/mol. The molecular weight excluding hydrogens is 502 g/mol. The zero-order valence-corrected chi connectivity index (χ0v) is 25.4. The van der Waals surface area contributed by atoms with E-state index in [-0.39, 0.29) is 12.8 Å². The molecule has 1 unspecified atom stereocenters. The molecule has 0 saturated heterocycles. The van der Waals surface area contributed by atoms with Crippen molar-refractivity contribution in [3.63, 3.8) is 0 Å². The van der Waals surface area contributed by atoms with Crippen molar-refractivity contribution in [3.05, 3.63) is 0 Å². The lowest BCUT2D eigenvalue weighted by atomic mass is 10.0. The van der Waals surface area contributed by atoms with Crippen LogP contribution in [0.25, 0.3) is 0 Å². The van der Waals surface area contributed by atoms with Gasteiger partial charge in [0.1, 0.15) is 6.04 Å². The maximum atomic E-state index is 10.3. The Morgan fingerprint density at radius 2 is 0.974 bits per heavy atom. The molecule has 0 saturated carbocycles. The van der Waals surface area contributed by atoms with E-state index in [4.69, 9.17) is 26.8 Å². The molecule has 0 heterocycles. The van der Waals surface area contributed by atoms with Crippen molar-refractivity contribution in [1.82, 2.24) is 4.90 Å². The fraction of sp³-hybridized carbons (Fsp3) is 0.862. The van der Waals surface area contributed by atoms with Crippen molar-refractivity contribution in [1.29, 1.82) is 0 Å². The molecule has 0 aliphatic carbocycles. The number of nitrogens with two attached hydrogens (primary N) is 2. The summed E-state index contributed by atoms with van der Waals surface area (Å²) >= 11 is 0. The summed E-state index contributed by atoms with van der Waals surface area (Å²) in [5, 5.41) is 24.8. The van der Waals surface area contributed by atoms with Crippen molar-refractivity contribution in [2.24, 2.45) is 11.5 Å². The van der Waals surface area contributed by atoms with Crippen LogP contribution in [0.5, 0.6) is 0 Å². The number of rotatable bonds is 22. The van der Waals surface area contributed by atoms with Crippen LogP contribution in [0.15, 0.2) is 0 Å². The first-order valence-electron chi connectivity index (χ1n) is 14.7. The highest BCUT2D eigenvalue weighted by molar-refractivity contribution is 5.74. The number of carboxylic acids is 3. The van der Waals surface area contributed by atoms with E-state index in [1.54, 1.807) is 14.1 Å². The van der Waals surface area contributed by atoms with Gasteiger partial charge in [0.15, 0.2) is 0 Å². The third-order valence-electron chi connectivity index (χ3n) is 5.48. The molecule has 0 rings (SSSR count). The van der Waals surface area contributed by atoms with Gasteiger partial charge < -0.3 is 31.7 Å². The molecule has 0 aliphatic rings. The van der Waals surface area contributed by atoms with Crippen LogP contribution in [0.4, 0.5) is 0 Å². The number of hydrogen-bond acceptors (Lipinski definition) is 6. The summed E-state index contributed by atoms with van der Waals surface area (Å²) in [4.78, 5) is 41.1. The standard InChI is InChI=1S/C18H36O2.C5H9NO4.C3H7NO.C3H9N/c1-2-3-4-5-6-7-8-9-10-11-12-13-14-15-16-17-18(19)20;6-3(5(9)10)1-2-4(7)8;1-4(2)3-5;1-2-3-4/h2-17H2,1H3,(H,19,20);3H,1-2,6H2,(H,7,8)(H,9,10);3H,1-2H3;2-4H2,1H3. The van der Waals surface area contributed by atoms with Gasteiger partial charge in [-0.3, -0.25) is 19.2 Å². The van der Waals surface area contributed by atoms with Crippen LogP contribution >= 0.6 is 0 Å². The maximum Gasteiger partial charge on any atom is 0.320 e. The molecule has 10 nitrogen and oxygen atoms in total. The molecule has 39 heavy (non-hydrogen) atoms. The third kappa shape index (κ3) is 56.9. The maximum absolute atomic E-state index is 10.3. The zero-order valence-electron chi connectivity index (χ0n) is 25.4. The van der Waals surface area contributed by atoms with E-state index in [2.05, 4.69) is 13.8 Å². The van der Waals surface area contributed by atoms with Gasteiger partial charge in [0.05, 0.1) is 0 Å². The fourth-order valence-electron chi connectivity index (χ4n) is 3.05. The highest BCUT2D eigenvalue weighted by atomic mass is 16.4. The highest BCUT2D eigenvalue weighted by Gasteiger charge is 2.12. The van der Waals surface area contributed by atoms with Crippen LogP contribution in [-0.2, 0) is 19.2 Å². The van der Waals surface area contributed by atoms with E-state index in [1.807, 2.05) is 0 Å². The molecule has 0 aromatic rings. The molecular formula is C29H61N3O7. The normalized spacial score (nSPS) is 10.4. The first-order valence-corrected chi connectivity index (χ1v) is 14.7. The number of amides is 1. The number of carboxylic acid groups (broad SMARTS) is 3. The van der Waals surface area contributed by atoms with Gasteiger partial charge in [-0.05, 0) is 25.8 Å². The van der Waals surface area contributed by atoms with Gasteiger partial charge in [-0.15, -0.1) is 0 Å². The SMILES string of the molecule is CCCCCCCCCCCCCCCCCC(=O)O.CCCN.CN(C)C=O.NC(CCC(=O)O)C(=O)O. The van der Waals surface area contributed by atoms with Crippen LogP contribution < -0.4 is 11.5 Å². The van der Waals surface area contributed by atoms with Crippen LogP contribution in [0.2, 0.25) is 0 Å². The van der Waals surface area contributed by atoms with E-state index in [0.717, 1.165) is 32.2 Å². The Bertz CT molecular complexity index is 545. The minimum absolute atomic E-state index is 0.0231. The second kappa shape index (κ2) is 37.9. The average molecular weight is 564 g/mol. The Balaban J connectivity index is -0.000000265. The lowest BCUT2D eigenvalue weighted by Crippen LogP contribution is -2.30. The second-order valence-corrected chi connectivity index (χ2v) is 9.83. The lowest BCUT2D eigenvalue weighted by Gasteiger charge is -2.03. The Kier molecular flexibility index (Phi) is 42.7. The number of carbonyl (C=O) groups is 4. The smallest absolute Gasteiger partial charge is 0.320 e. The Morgan fingerprint density at radius 3 is 1.21 bits per heavy atom. The summed E-state index contributed by atoms with van der Waals surface area (Å²) in [5.41, 5.74) is 10.0. The number of unbranched alkanes of at least 4 members (excludes halogenated alkanes) is 14. The Morgan fingerprint density at radius 1 is 0.667 bits per heavy atom. The van der Waals surface area contributed by atoms with Crippen molar-refractivity contribution in [2.75, 3.05) is 20.6 Å². The third-order valence-corrected chi connectivity index (χ3v) is 5.48. The van der Waals surface area contributed by atoms with E-state index >= 15 is 0 Å². The number of nitrogens with zero attached hydrogens (tertiary/aromatic N) is 1. The minimum atomic E-state index is -1.17. The predicted octanol–water partition coefficient (Wildman–Crippen LogP) is 5.66. The van der Waals surface area contributed by atoms with Gasteiger partial charge in [0.25, 0.3) is 0 Å². The Labute approximate surface area is 237 Å². The van der Waals surface area contributed by atoms with Crippen LogP contribution in [-0.4, -0.2) is 71.2 Å². The lowest BCUT2D eigenvalue weighted by molar-refractivity contribution is -0.140. The molecule has 1 amide bonds. The molecule has 7 N–H and O–H groups in total. The molecule has 10 heteroatoms. The van der Waals surface area contributed by atoms with E-state index in [0.29, 0.717) is 6.42 Å². The van der Waals surface area contributed by atoms with Gasteiger partial charge in [0, 0.05) is 26.9 Å². The average Bonchev–Trinajstić information content (AvgIpc) is 2.90. The quantitative estimate of drug-likeness (QED) is 0.0819. The number of hydrogen-bond donors (Lipinski definition) is 5. The van der Waals surface area contributed by atoms with Crippen LogP contribution in [0.1, 0.15) is 136 Å². The van der Waals surface area contributed by atoms with Gasteiger partial charge in [-0.25, -0.2) is 0 Å². The van der Waals surface area contributed by atoms with Gasteiger partial charge in [-0.1, -0.05) is 104 Å². The fourth-order valence-corrected chi connectivity index (χ4v) is 3.05. The van der Waals surface area contributed by atoms with Crippen molar-refractivity contribution < 1.29 is 34.5 Å². The molecule has 0 spiro atoms. The molecule has 0 aromatic carbocycles. The topological polar surface area (TPSA) is 184 Å². The molecule has 1 atom stereocenters. The summed E-state index contributed by atoms with van der Waals surface area (Å²) < 4.78 is 0. The summed E-state index contributed by atoms with van der Waals surface area (Å²) in [6.45, 7) is 5.15. The first-order chi connectivity index (χ1) is 18.5. The van der Waals surface area contributed by atoms with E-state index < -0.39 is 23.9 Å². The van der Waals surface area contributed by atoms with Gasteiger partial charge in [0.2, 0.25) is 6.41 Å². The monoisotopic (exact) mass is 563 g/mol. The van der Waals surface area contributed by atoms with Crippen molar-refractivity contribution in [2.45, 2.75) is 142 Å². The van der Waals surface area contributed by atoms with Crippen LogP contribution in [0, 0.1) is 0 Å². The summed E-state index contributed by atoms with van der Waals surface area (Å²) in [5.74, 6) is -2.85.